The van der Waals surface area contributed by atoms with Crippen molar-refractivity contribution < 1.29 is 68.5 Å². The molecule has 12 N–H and O–H groups in total. The molecule has 1 aliphatic heterocycles. The number of unbranched alkanes of at least 4 members (excludes halogenated alkanes) is 25. The number of nitrogens with one attached hydrogen (secondary N) is 5. The van der Waals surface area contributed by atoms with Gasteiger partial charge in [0, 0.05) is 67.1 Å². The molecule has 606 valence electrons. The fourth-order valence-electron chi connectivity index (χ4n) is 12.3. The highest BCUT2D eigenvalue weighted by atomic mass is 16.6. The molecule has 4 aromatic rings. The number of carbonyl (C=O) groups is 6. The van der Waals surface area contributed by atoms with E-state index in [1.165, 1.54) is 145 Å². The Kier molecular flexibility index (Phi) is 46.4. The number of amides is 3. The molecule has 31 heteroatoms. The van der Waals surface area contributed by atoms with Crippen molar-refractivity contribution in [3.63, 3.8) is 0 Å². The molecule has 4 unspecified atom stereocenters. The van der Waals surface area contributed by atoms with Gasteiger partial charge in [0.2, 0.25) is 17.8 Å². The molecule has 3 amide bonds. The highest BCUT2D eigenvalue weighted by molar-refractivity contribution is 5.97. The predicted molar refractivity (Wildman–Crippen MR) is 416 cm³/mol. The standard InChI is InChI=1S/C44H66N8O9.C34H56N6O8/c1-3-4-5-6-7-8-9-10-11-12-13-14-16-19-36(54)35(30-53)48-37(55)20-17-15-18-27-61-38(56)26-25-34(43(59)60)49-41(57)31-21-23-33(24-22-31)52(2)29-32-28-46-40-39(47-32)42(58)51-44(45)50-40;1-3-4-5-6-7-8-9-10-11-12-13-14-15-18-28(42)27(23-41)36-30(43)19-16-17-20-32(44)47-24-29-26(38-39-35)21-31(48-29)40-22-25(2)33(45)37-34(40)46/h16,19,21-24,28,34-36,53-54H,3-15,17-18,20,25-27,29-30H2,1-2H3,(H,48,55)(H,49,57)(H,59,60)(H3,45,46,50,51,58);15,18,22,26-29,31,41-42H,3-14,16-17,19-21,23-24H2,1-2H3,(H,36,43)(H,37,45,46)/b19-16+;18-15-/t34-,35?,36?;26-,27?,28?,29+,31+/m00/s1. The molecule has 0 bridgehead atoms. The number of carboxylic acids is 1. The molecule has 31 nitrogen and oxygen atoms in total. The zero-order chi connectivity index (χ0) is 79.6. The number of H-pyrrole nitrogens is 2. The lowest BCUT2D eigenvalue weighted by atomic mass is 10.0. The second-order valence-electron chi connectivity index (χ2n) is 28.0. The van der Waals surface area contributed by atoms with Crippen LogP contribution in [0.25, 0.3) is 21.6 Å². The number of hydrogen-bond donors (Lipinski definition) is 11. The van der Waals surface area contributed by atoms with Gasteiger partial charge in [0.15, 0.2) is 11.2 Å². The maximum Gasteiger partial charge on any atom is 0.330 e. The van der Waals surface area contributed by atoms with E-state index in [0.717, 1.165) is 38.5 Å². The Morgan fingerprint density at radius 1 is 0.697 bits per heavy atom. The number of nitrogen functional groups attached to an aromatic ring is 1. The minimum absolute atomic E-state index is 0.0437. The Bertz CT molecular complexity index is 3640. The van der Waals surface area contributed by atoms with E-state index < -0.39 is 103 Å². The number of anilines is 2. The zero-order valence-electron chi connectivity index (χ0n) is 64.5. The molecule has 4 heterocycles. The lowest BCUT2D eigenvalue weighted by molar-refractivity contribution is -0.149. The molecule has 0 radical (unpaired) electrons. The molecular formula is C78H122N14O17. The Hall–Kier alpha value is -8.87. The number of carbonyl (C=O) groups excluding carboxylic acids is 5. The van der Waals surface area contributed by atoms with Gasteiger partial charge in [0.25, 0.3) is 17.0 Å². The predicted octanol–water partition coefficient (Wildman–Crippen LogP) is 10.1. The number of nitrogens with two attached hydrogens (primary N) is 1. The van der Waals surface area contributed by atoms with Crippen molar-refractivity contribution in [1.82, 2.24) is 45.4 Å². The number of aryl methyl sites for hydroxylation is 1. The molecule has 5 rings (SSSR count). The third-order valence-electron chi connectivity index (χ3n) is 18.8. The third-order valence-corrected chi connectivity index (χ3v) is 18.8. The molecule has 3 aromatic heterocycles. The van der Waals surface area contributed by atoms with Crippen LogP contribution in [0.5, 0.6) is 0 Å². The number of aliphatic hydroxyl groups excluding tert-OH is 4. The summed E-state index contributed by atoms with van der Waals surface area (Å²) < 4.78 is 17.6. The maximum atomic E-state index is 12.9. The summed E-state index contributed by atoms with van der Waals surface area (Å²) in [4.78, 5) is 132. The van der Waals surface area contributed by atoms with Gasteiger partial charge >= 0.3 is 23.6 Å². The fourth-order valence-corrected chi connectivity index (χ4v) is 12.3. The van der Waals surface area contributed by atoms with Gasteiger partial charge < -0.3 is 66.3 Å². The minimum Gasteiger partial charge on any atom is -0.480 e. The van der Waals surface area contributed by atoms with Crippen LogP contribution in [0, 0.1) is 6.92 Å². The first kappa shape index (κ1) is 92.5. The number of benzene rings is 1. The second-order valence-corrected chi connectivity index (χ2v) is 28.0. The number of nitrogens with zero attached hydrogens (tertiary/aromatic N) is 8. The Balaban J connectivity index is 0.000000474. The topological polar surface area (TPSA) is 472 Å². The van der Waals surface area contributed by atoms with Crippen molar-refractivity contribution in [3.05, 3.63) is 119 Å². The van der Waals surface area contributed by atoms with E-state index in [0.29, 0.717) is 49.0 Å². The van der Waals surface area contributed by atoms with Gasteiger partial charge in [0.05, 0.1) is 68.6 Å². The number of ether oxygens (including phenoxy) is 3. The van der Waals surface area contributed by atoms with Crippen LogP contribution in [0.15, 0.2) is 80.5 Å². The fraction of sp³-hybridized carbons (Fsp3) is 0.667. The summed E-state index contributed by atoms with van der Waals surface area (Å²) in [6.45, 7) is 5.39. The lowest BCUT2D eigenvalue weighted by Crippen LogP contribution is -2.45. The number of aliphatic carboxylic acids is 1. The molecule has 8 atom stereocenters. The average Bonchev–Trinajstić information content (AvgIpc) is 1.77. The van der Waals surface area contributed by atoms with Crippen molar-refractivity contribution in [2.45, 2.75) is 301 Å². The first-order valence-electron chi connectivity index (χ1n) is 39.3. The van der Waals surface area contributed by atoms with Crippen LogP contribution in [0.1, 0.15) is 266 Å². The molecule has 0 saturated carbocycles. The van der Waals surface area contributed by atoms with Crippen molar-refractivity contribution in [3.8, 4) is 0 Å². The van der Waals surface area contributed by atoms with Crippen LogP contribution >= 0.6 is 0 Å². The van der Waals surface area contributed by atoms with Gasteiger partial charge in [-0.2, -0.15) is 4.98 Å². The number of aromatic nitrogens is 6. The molecule has 1 fully saturated rings. The van der Waals surface area contributed by atoms with Gasteiger partial charge in [-0.3, -0.25) is 48.1 Å². The first-order valence-corrected chi connectivity index (χ1v) is 39.3. The number of azide groups is 1. The van der Waals surface area contributed by atoms with Crippen LogP contribution in [-0.4, -0.2) is 167 Å². The number of hydrogen-bond acceptors (Lipinski definition) is 22. The molecular weight excluding hydrogens is 1400 g/mol. The van der Waals surface area contributed by atoms with Crippen LogP contribution in [0.3, 0.4) is 0 Å². The number of fused-ring (bicyclic) bond motifs is 1. The molecule has 1 saturated heterocycles. The van der Waals surface area contributed by atoms with E-state index in [4.69, 9.17) is 25.5 Å². The molecule has 1 aliphatic rings. The van der Waals surface area contributed by atoms with Gasteiger partial charge in [-0.05, 0) is 101 Å². The number of aliphatic hydroxyl groups is 4. The first-order chi connectivity index (χ1) is 52.6. The average molecular weight is 1530 g/mol. The summed E-state index contributed by atoms with van der Waals surface area (Å²) in [6, 6.07) is 2.79. The van der Waals surface area contributed by atoms with Crippen molar-refractivity contribution in [1.29, 1.82) is 0 Å². The highest BCUT2D eigenvalue weighted by Gasteiger charge is 2.37. The van der Waals surface area contributed by atoms with E-state index in [9.17, 15) is 68.7 Å². The van der Waals surface area contributed by atoms with Gasteiger partial charge in [-0.15, -0.1) is 0 Å². The summed E-state index contributed by atoms with van der Waals surface area (Å²) in [5, 5.41) is 61.4. The summed E-state index contributed by atoms with van der Waals surface area (Å²) in [5.41, 5.74) is 14.7. The van der Waals surface area contributed by atoms with Crippen LogP contribution in [0.2, 0.25) is 0 Å². The number of rotatable bonds is 56. The largest absolute Gasteiger partial charge is 0.480 e. The van der Waals surface area contributed by atoms with E-state index >= 15 is 0 Å². The number of allylic oxidation sites excluding steroid dienone is 2. The highest BCUT2D eigenvalue weighted by Crippen LogP contribution is 2.31. The Morgan fingerprint density at radius 2 is 1.21 bits per heavy atom. The summed E-state index contributed by atoms with van der Waals surface area (Å²) in [6.07, 6.45) is 38.3. The number of carboxylic acid groups (broad SMARTS) is 1. The van der Waals surface area contributed by atoms with E-state index in [1.807, 2.05) is 17.1 Å². The van der Waals surface area contributed by atoms with E-state index in [1.54, 1.807) is 38.3 Å². The normalized spacial score (nSPS) is 15.5. The third kappa shape index (κ3) is 37.9. The number of esters is 2. The van der Waals surface area contributed by atoms with Crippen LogP contribution < -0.4 is 43.4 Å². The second kappa shape index (κ2) is 54.7. The van der Waals surface area contributed by atoms with Gasteiger partial charge in [0.1, 0.15) is 25.0 Å². The van der Waals surface area contributed by atoms with E-state index in [2.05, 4.69) is 64.7 Å². The van der Waals surface area contributed by atoms with Crippen molar-refractivity contribution >= 4 is 58.4 Å². The summed E-state index contributed by atoms with van der Waals surface area (Å²) >= 11 is 0. The molecule has 0 aliphatic carbocycles. The lowest BCUT2D eigenvalue weighted by Gasteiger charge is -2.20. The summed E-state index contributed by atoms with van der Waals surface area (Å²) in [5.74, 6) is -3.75. The quantitative estimate of drug-likeness (QED) is 0.00489. The minimum atomic E-state index is -1.33. The Morgan fingerprint density at radius 3 is 1.74 bits per heavy atom. The molecule has 1 aromatic carbocycles. The molecule has 0 spiro atoms. The van der Waals surface area contributed by atoms with Gasteiger partial charge in [-0.1, -0.05) is 172 Å². The van der Waals surface area contributed by atoms with Crippen molar-refractivity contribution in [2.24, 2.45) is 5.11 Å². The summed E-state index contributed by atoms with van der Waals surface area (Å²) in [7, 11) is 1.78. The molecule has 109 heavy (non-hydrogen) atoms. The Labute approximate surface area is 639 Å². The monoisotopic (exact) mass is 1530 g/mol. The van der Waals surface area contributed by atoms with E-state index in [-0.39, 0.29) is 92.8 Å². The SMILES string of the molecule is CCCCCCCCCCCCC/C=C/C(O)C(CO)NC(=O)CCCCCOC(=O)CC[C@H](NC(=O)c1ccc(N(C)Cc2cnc3nc(N)[nH]c(=O)c3n2)cc1)C(=O)O.CCCCCCCCCCCCC/C=C\C(O)C(CO)NC(=O)CCCCC(=O)OC[C@H]1O[C@@H](n2cc(C)c(=O)[nH]c2=O)C[C@@H]1N=[N+]=[N-]. The zero-order valence-corrected chi connectivity index (χ0v) is 64.5. The van der Waals surface area contributed by atoms with Crippen LogP contribution in [0.4, 0.5) is 11.6 Å². The maximum absolute atomic E-state index is 12.9. The van der Waals surface area contributed by atoms with Crippen LogP contribution in [-0.2, 0) is 44.7 Å². The van der Waals surface area contributed by atoms with Crippen molar-refractivity contribution in [2.75, 3.05) is 44.1 Å². The number of aromatic amines is 2. The smallest absolute Gasteiger partial charge is 0.330 e. The van der Waals surface area contributed by atoms with Gasteiger partial charge in [-0.25, -0.2) is 19.6 Å².